The molecule has 0 aliphatic rings. The van der Waals surface area contributed by atoms with Crippen LogP contribution < -0.4 is 10.1 Å². The molecule has 0 heterocycles. The second-order valence-electron chi connectivity index (χ2n) is 5.39. The van der Waals surface area contributed by atoms with Crippen molar-refractivity contribution in [2.45, 2.75) is 20.0 Å². The predicted octanol–water partition coefficient (Wildman–Crippen LogP) is 3.57. The zero-order chi connectivity index (χ0) is 18.2. The molecule has 0 aliphatic carbocycles. The van der Waals surface area contributed by atoms with E-state index in [2.05, 4.69) is 5.32 Å². The molecule has 1 amide bonds. The highest BCUT2D eigenvalue weighted by Gasteiger charge is 2.11. The van der Waals surface area contributed by atoms with Crippen molar-refractivity contribution in [1.29, 1.82) is 0 Å². The lowest BCUT2D eigenvalue weighted by molar-refractivity contribution is 0.103. The lowest BCUT2D eigenvalue weighted by Gasteiger charge is -2.15. The molecule has 1 atom stereocenters. The Morgan fingerprint density at radius 3 is 2.16 bits per heavy atom. The van der Waals surface area contributed by atoms with Crippen LogP contribution in [0.25, 0.3) is 0 Å². The minimum Gasteiger partial charge on any atom is -0.489 e. The van der Waals surface area contributed by atoms with Gasteiger partial charge in [0, 0.05) is 11.1 Å². The molecule has 0 saturated carbocycles. The van der Waals surface area contributed by atoms with Gasteiger partial charge in [-0.3, -0.25) is 4.79 Å². The summed E-state index contributed by atoms with van der Waals surface area (Å²) in [6, 6.07) is 12.1. The molecule has 132 valence electrons. The number of rotatable bonds is 7. The van der Waals surface area contributed by atoms with Crippen LogP contribution in [0.2, 0.25) is 0 Å². The number of carbonyl (C=O) groups excluding carboxylic acids is 2. The molecular weight excluding hydrogens is 325 g/mol. The van der Waals surface area contributed by atoms with Gasteiger partial charge in [-0.2, -0.15) is 0 Å². The first-order valence-electron chi connectivity index (χ1n) is 7.97. The summed E-state index contributed by atoms with van der Waals surface area (Å²) in [7, 11) is 0. The predicted molar refractivity (Wildman–Crippen MR) is 91.4 cm³/mol. The third-order valence-electron chi connectivity index (χ3n) is 3.37. The topological polar surface area (TPSA) is 64.6 Å². The maximum Gasteiger partial charge on any atom is 0.407 e. The summed E-state index contributed by atoms with van der Waals surface area (Å²) in [5.74, 6) is 0.00287. The van der Waals surface area contributed by atoms with Gasteiger partial charge < -0.3 is 14.8 Å². The third-order valence-corrected chi connectivity index (χ3v) is 3.37. The number of hydrogen-bond donors (Lipinski definition) is 1. The molecule has 0 radical (unpaired) electrons. The smallest absolute Gasteiger partial charge is 0.407 e. The normalized spacial score (nSPS) is 11.5. The molecule has 0 aliphatic heterocycles. The number of hydrogen-bond acceptors (Lipinski definition) is 4. The monoisotopic (exact) mass is 345 g/mol. The van der Waals surface area contributed by atoms with E-state index < -0.39 is 6.09 Å². The average molecular weight is 345 g/mol. The van der Waals surface area contributed by atoms with Crippen LogP contribution in [-0.4, -0.2) is 31.1 Å². The van der Waals surface area contributed by atoms with Crippen molar-refractivity contribution in [1.82, 2.24) is 5.32 Å². The molecule has 0 bridgehead atoms. The Kier molecular flexibility index (Phi) is 6.51. The summed E-state index contributed by atoms with van der Waals surface area (Å²) in [4.78, 5) is 23.5. The van der Waals surface area contributed by atoms with Crippen molar-refractivity contribution in [3.8, 4) is 5.75 Å². The van der Waals surface area contributed by atoms with Crippen LogP contribution >= 0.6 is 0 Å². The van der Waals surface area contributed by atoms with Gasteiger partial charge in [-0.15, -0.1) is 0 Å². The van der Waals surface area contributed by atoms with Gasteiger partial charge in [0.25, 0.3) is 0 Å². The van der Waals surface area contributed by atoms with Crippen LogP contribution in [0.15, 0.2) is 48.5 Å². The maximum atomic E-state index is 12.9. The van der Waals surface area contributed by atoms with Gasteiger partial charge in [-0.05, 0) is 62.4 Å². The number of halogens is 1. The van der Waals surface area contributed by atoms with Crippen molar-refractivity contribution in [2.75, 3.05) is 13.2 Å². The fraction of sp³-hybridized carbons (Fsp3) is 0.263. The van der Waals surface area contributed by atoms with E-state index in [9.17, 15) is 14.0 Å². The van der Waals surface area contributed by atoms with Crippen LogP contribution in [-0.2, 0) is 4.74 Å². The van der Waals surface area contributed by atoms with Gasteiger partial charge in [0.1, 0.15) is 17.7 Å². The summed E-state index contributed by atoms with van der Waals surface area (Å²) in [5.41, 5.74) is 0.901. The molecule has 6 heteroatoms. The number of amides is 1. The minimum atomic E-state index is -0.488. The molecule has 0 saturated heterocycles. The first kappa shape index (κ1) is 18.4. The quantitative estimate of drug-likeness (QED) is 0.779. The second kappa shape index (κ2) is 8.82. The molecule has 2 rings (SSSR count). The summed E-state index contributed by atoms with van der Waals surface area (Å²) < 4.78 is 23.4. The van der Waals surface area contributed by atoms with E-state index >= 15 is 0 Å². The second-order valence-corrected chi connectivity index (χ2v) is 5.39. The SMILES string of the molecule is CCOC(=O)NCC(C)Oc1ccc(C(=O)c2ccc(F)cc2)cc1. The fourth-order valence-electron chi connectivity index (χ4n) is 2.14. The van der Waals surface area contributed by atoms with Gasteiger partial charge in [-0.1, -0.05) is 0 Å². The number of ether oxygens (including phenoxy) is 2. The highest BCUT2D eigenvalue weighted by Crippen LogP contribution is 2.17. The number of ketones is 1. The van der Waals surface area contributed by atoms with E-state index in [1.165, 1.54) is 24.3 Å². The molecule has 1 N–H and O–H groups in total. The zero-order valence-electron chi connectivity index (χ0n) is 14.1. The van der Waals surface area contributed by atoms with Crippen molar-refractivity contribution in [3.05, 3.63) is 65.5 Å². The molecule has 2 aromatic carbocycles. The molecule has 2 aromatic rings. The summed E-state index contributed by atoms with van der Waals surface area (Å²) in [6.45, 7) is 4.15. The van der Waals surface area contributed by atoms with E-state index in [0.29, 0.717) is 30.0 Å². The number of carbonyl (C=O) groups is 2. The minimum absolute atomic E-state index is 0.191. The van der Waals surface area contributed by atoms with E-state index in [1.807, 2.05) is 6.92 Å². The summed E-state index contributed by atoms with van der Waals surface area (Å²) in [6.07, 6.45) is -0.749. The molecule has 0 aromatic heterocycles. The Hall–Kier alpha value is -2.89. The molecule has 0 fully saturated rings. The molecule has 0 spiro atoms. The van der Waals surface area contributed by atoms with E-state index in [0.717, 1.165) is 0 Å². The Bertz CT molecular complexity index is 713. The molecular formula is C19H20FNO4. The third kappa shape index (κ3) is 5.60. The number of alkyl carbamates (subject to hydrolysis) is 1. The van der Waals surface area contributed by atoms with Gasteiger partial charge >= 0.3 is 6.09 Å². The van der Waals surface area contributed by atoms with E-state index in [4.69, 9.17) is 9.47 Å². The Morgan fingerprint density at radius 2 is 1.60 bits per heavy atom. The average Bonchev–Trinajstić information content (AvgIpc) is 2.61. The van der Waals surface area contributed by atoms with Crippen molar-refractivity contribution >= 4 is 11.9 Å². The Labute approximate surface area is 145 Å². The van der Waals surface area contributed by atoms with Crippen LogP contribution in [0.5, 0.6) is 5.75 Å². The van der Waals surface area contributed by atoms with E-state index in [1.54, 1.807) is 31.2 Å². The van der Waals surface area contributed by atoms with E-state index in [-0.39, 0.29) is 17.7 Å². The van der Waals surface area contributed by atoms with Crippen LogP contribution in [0.3, 0.4) is 0 Å². The van der Waals surface area contributed by atoms with Gasteiger partial charge in [0.2, 0.25) is 0 Å². The van der Waals surface area contributed by atoms with Gasteiger partial charge in [0.15, 0.2) is 5.78 Å². The van der Waals surface area contributed by atoms with Crippen LogP contribution in [0, 0.1) is 5.82 Å². The highest BCUT2D eigenvalue weighted by atomic mass is 19.1. The number of nitrogens with one attached hydrogen (secondary N) is 1. The lowest BCUT2D eigenvalue weighted by Crippen LogP contribution is -2.33. The van der Waals surface area contributed by atoms with Crippen LogP contribution in [0.4, 0.5) is 9.18 Å². The lowest BCUT2D eigenvalue weighted by atomic mass is 10.0. The largest absolute Gasteiger partial charge is 0.489 e. The van der Waals surface area contributed by atoms with Gasteiger partial charge in [0.05, 0.1) is 13.2 Å². The first-order valence-corrected chi connectivity index (χ1v) is 7.97. The molecule has 25 heavy (non-hydrogen) atoms. The van der Waals surface area contributed by atoms with Crippen molar-refractivity contribution in [3.63, 3.8) is 0 Å². The molecule has 5 nitrogen and oxygen atoms in total. The standard InChI is InChI=1S/C19H20FNO4/c1-3-24-19(23)21-12-13(2)25-17-10-6-15(7-11-17)18(22)14-4-8-16(20)9-5-14/h4-11,13H,3,12H2,1-2H3,(H,21,23). The fourth-order valence-corrected chi connectivity index (χ4v) is 2.14. The first-order chi connectivity index (χ1) is 12.0. The van der Waals surface area contributed by atoms with Gasteiger partial charge in [-0.25, -0.2) is 9.18 Å². The van der Waals surface area contributed by atoms with Crippen LogP contribution in [0.1, 0.15) is 29.8 Å². The Balaban J connectivity index is 1.92. The zero-order valence-corrected chi connectivity index (χ0v) is 14.1. The Morgan fingerprint density at radius 1 is 1.04 bits per heavy atom. The maximum absolute atomic E-state index is 12.9. The summed E-state index contributed by atoms with van der Waals surface area (Å²) >= 11 is 0. The summed E-state index contributed by atoms with van der Waals surface area (Å²) in [5, 5.41) is 2.59. The van der Waals surface area contributed by atoms with Crippen molar-refractivity contribution in [2.24, 2.45) is 0 Å². The highest BCUT2D eigenvalue weighted by molar-refractivity contribution is 6.08. The molecule has 1 unspecified atom stereocenters. The number of benzene rings is 2. The van der Waals surface area contributed by atoms with Crippen molar-refractivity contribution < 1.29 is 23.5 Å².